The van der Waals surface area contributed by atoms with Crippen molar-refractivity contribution in [3.8, 4) is 17.0 Å². The Bertz CT molecular complexity index is 1400. The summed E-state index contributed by atoms with van der Waals surface area (Å²) >= 11 is 0. The third-order valence-corrected chi connectivity index (χ3v) is 7.39. The quantitative estimate of drug-likeness (QED) is 0.504. The van der Waals surface area contributed by atoms with Gasteiger partial charge in [0.1, 0.15) is 5.75 Å². The molecule has 1 fully saturated rings. The van der Waals surface area contributed by atoms with Crippen molar-refractivity contribution in [3.05, 3.63) is 53.2 Å². The number of hydrogen-bond acceptors (Lipinski definition) is 5. The highest BCUT2D eigenvalue weighted by atomic mass is 16.5. The molecule has 0 atom stereocenters. The number of pyridine rings is 1. The number of nitrogens with one attached hydrogen (secondary N) is 1. The largest absolute Gasteiger partial charge is 0.496 e. The van der Waals surface area contributed by atoms with Crippen LogP contribution in [0.15, 0.2) is 36.5 Å². The lowest BCUT2D eigenvalue weighted by atomic mass is 9.85. The van der Waals surface area contributed by atoms with Crippen LogP contribution in [0, 0.1) is 0 Å². The van der Waals surface area contributed by atoms with Gasteiger partial charge in [0, 0.05) is 42.5 Å². The Balaban J connectivity index is 1.46. The van der Waals surface area contributed by atoms with Gasteiger partial charge in [-0.05, 0) is 68.1 Å². The van der Waals surface area contributed by atoms with Crippen molar-refractivity contribution in [1.29, 1.82) is 0 Å². The minimum atomic E-state index is 0.0346. The number of likely N-dealkylation sites (N-methyl/N-ethyl adjacent to an activating group) is 1. The van der Waals surface area contributed by atoms with Crippen molar-refractivity contribution in [2.75, 3.05) is 40.3 Å². The van der Waals surface area contributed by atoms with Gasteiger partial charge in [-0.3, -0.25) is 9.89 Å². The first kappa shape index (κ1) is 21.1. The Morgan fingerprint density at radius 2 is 1.82 bits per heavy atom. The second-order valence-corrected chi connectivity index (χ2v) is 9.43. The molecule has 34 heavy (non-hydrogen) atoms. The van der Waals surface area contributed by atoms with Crippen LogP contribution >= 0.6 is 0 Å². The molecule has 1 aliphatic heterocycles. The van der Waals surface area contributed by atoms with Gasteiger partial charge in [-0.1, -0.05) is 6.07 Å². The van der Waals surface area contributed by atoms with E-state index in [1.54, 1.807) is 7.11 Å². The van der Waals surface area contributed by atoms with Crippen LogP contribution in [0.1, 0.15) is 34.3 Å². The molecule has 1 aliphatic carbocycles. The van der Waals surface area contributed by atoms with Crippen LogP contribution in [0.3, 0.4) is 0 Å². The zero-order valence-electron chi connectivity index (χ0n) is 19.7. The molecule has 1 amide bonds. The molecule has 4 aromatic rings. The second-order valence-electron chi connectivity index (χ2n) is 9.43. The fourth-order valence-electron chi connectivity index (χ4n) is 5.48. The Labute approximate surface area is 198 Å². The van der Waals surface area contributed by atoms with Gasteiger partial charge in [-0.15, -0.1) is 0 Å². The number of H-pyrrole nitrogens is 1. The number of hydrogen-bond donors (Lipinski definition) is 1. The Morgan fingerprint density at radius 1 is 1.03 bits per heavy atom. The number of carbonyl (C=O) groups is 1. The summed E-state index contributed by atoms with van der Waals surface area (Å²) in [6.07, 6.45) is 6.30. The highest BCUT2D eigenvalue weighted by molar-refractivity contribution is 6.08. The monoisotopic (exact) mass is 455 g/mol. The number of aromatic amines is 1. The van der Waals surface area contributed by atoms with Gasteiger partial charge in [-0.25, -0.2) is 4.98 Å². The molecule has 0 unspecified atom stereocenters. The molecule has 1 saturated heterocycles. The number of nitrogens with zero attached hydrogens (tertiary/aromatic N) is 4. The molecular formula is C27H29N5O2. The molecule has 2 aliphatic rings. The SMILES string of the molecule is COc1cc(-c2nc3ccc4[nH]ncc4c3c3c2CCCC3)ccc1C(=O)N1CCN(C)CC1. The molecule has 0 saturated carbocycles. The molecule has 2 aromatic carbocycles. The Morgan fingerprint density at radius 3 is 2.62 bits per heavy atom. The lowest BCUT2D eigenvalue weighted by Gasteiger charge is -2.32. The third kappa shape index (κ3) is 3.42. The van der Waals surface area contributed by atoms with Crippen LogP contribution in [0.2, 0.25) is 0 Å². The first-order valence-electron chi connectivity index (χ1n) is 12.1. The van der Waals surface area contributed by atoms with E-state index in [1.807, 2.05) is 29.3 Å². The highest BCUT2D eigenvalue weighted by Crippen LogP contribution is 2.39. The summed E-state index contributed by atoms with van der Waals surface area (Å²) in [6.45, 7) is 3.26. The molecule has 6 rings (SSSR count). The number of carbonyl (C=O) groups excluding carboxylic acids is 1. The summed E-state index contributed by atoms with van der Waals surface area (Å²) in [7, 11) is 3.73. The number of ether oxygens (including phenoxy) is 1. The first-order chi connectivity index (χ1) is 16.6. The predicted molar refractivity (Wildman–Crippen MR) is 133 cm³/mol. The van der Waals surface area contributed by atoms with E-state index in [2.05, 4.69) is 34.3 Å². The number of aryl methyl sites for hydroxylation is 1. The van der Waals surface area contributed by atoms with Crippen LogP contribution < -0.4 is 4.74 Å². The molecule has 7 heteroatoms. The molecule has 3 heterocycles. The minimum absolute atomic E-state index is 0.0346. The van der Waals surface area contributed by atoms with Crippen molar-refractivity contribution in [3.63, 3.8) is 0 Å². The Hall–Kier alpha value is -3.45. The van der Waals surface area contributed by atoms with Crippen LogP contribution in [0.25, 0.3) is 33.1 Å². The van der Waals surface area contributed by atoms with Crippen LogP contribution in [0.4, 0.5) is 0 Å². The summed E-state index contributed by atoms with van der Waals surface area (Å²) in [5.41, 5.74) is 7.35. The van der Waals surface area contributed by atoms with E-state index >= 15 is 0 Å². The van der Waals surface area contributed by atoms with Gasteiger partial charge in [0.25, 0.3) is 5.91 Å². The molecule has 2 aromatic heterocycles. The van der Waals surface area contributed by atoms with Crippen molar-refractivity contribution in [2.45, 2.75) is 25.7 Å². The summed E-state index contributed by atoms with van der Waals surface area (Å²) < 4.78 is 5.72. The predicted octanol–water partition coefficient (Wildman–Crippen LogP) is 4.05. The smallest absolute Gasteiger partial charge is 0.257 e. The number of fused-ring (bicyclic) bond motifs is 5. The van der Waals surface area contributed by atoms with E-state index in [9.17, 15) is 4.79 Å². The lowest BCUT2D eigenvalue weighted by Crippen LogP contribution is -2.47. The number of rotatable bonds is 3. The van der Waals surface area contributed by atoms with E-state index in [0.717, 1.165) is 73.1 Å². The standard InChI is InChI=1S/C27H29N5O2/c1-31-11-13-32(14-12-31)27(33)20-8-7-17(15-24(20)34-2)26-19-6-4-3-5-18(19)25-21-16-28-30-22(21)9-10-23(25)29-26/h7-10,15-16H,3-6,11-14H2,1-2H3,(H,28,30). The van der Waals surface area contributed by atoms with E-state index in [4.69, 9.17) is 9.72 Å². The van der Waals surface area contributed by atoms with Gasteiger partial charge >= 0.3 is 0 Å². The first-order valence-corrected chi connectivity index (χ1v) is 12.1. The number of benzene rings is 2. The molecule has 0 bridgehead atoms. The van der Waals surface area contributed by atoms with Gasteiger partial charge in [0.15, 0.2) is 0 Å². The van der Waals surface area contributed by atoms with Crippen molar-refractivity contribution in [1.82, 2.24) is 25.0 Å². The van der Waals surface area contributed by atoms with Crippen molar-refractivity contribution < 1.29 is 9.53 Å². The van der Waals surface area contributed by atoms with Gasteiger partial charge in [-0.2, -0.15) is 5.10 Å². The number of methoxy groups -OCH3 is 1. The van der Waals surface area contributed by atoms with Gasteiger partial charge < -0.3 is 14.5 Å². The van der Waals surface area contributed by atoms with E-state index in [1.165, 1.54) is 22.9 Å². The second kappa shape index (κ2) is 8.40. The van der Waals surface area contributed by atoms with E-state index < -0.39 is 0 Å². The van der Waals surface area contributed by atoms with Gasteiger partial charge in [0.05, 0.1) is 35.6 Å². The Kier molecular flexibility index (Phi) is 5.21. The molecular weight excluding hydrogens is 426 g/mol. The summed E-state index contributed by atoms with van der Waals surface area (Å²) in [5.74, 6) is 0.644. The zero-order valence-corrected chi connectivity index (χ0v) is 19.7. The maximum absolute atomic E-state index is 13.2. The number of amides is 1. The number of aromatic nitrogens is 3. The molecule has 174 valence electrons. The fraction of sp³-hybridized carbons (Fsp3) is 0.370. The summed E-state index contributed by atoms with van der Waals surface area (Å²) in [5, 5.41) is 9.72. The van der Waals surface area contributed by atoms with Crippen LogP contribution in [-0.4, -0.2) is 71.2 Å². The average molecular weight is 456 g/mol. The van der Waals surface area contributed by atoms with Gasteiger partial charge in [0.2, 0.25) is 0 Å². The zero-order chi connectivity index (χ0) is 23.2. The van der Waals surface area contributed by atoms with E-state index in [0.29, 0.717) is 11.3 Å². The van der Waals surface area contributed by atoms with Crippen LogP contribution in [0.5, 0.6) is 5.75 Å². The minimum Gasteiger partial charge on any atom is -0.496 e. The molecule has 7 nitrogen and oxygen atoms in total. The topological polar surface area (TPSA) is 74.3 Å². The van der Waals surface area contributed by atoms with Crippen molar-refractivity contribution >= 4 is 27.7 Å². The summed E-state index contributed by atoms with van der Waals surface area (Å²) in [4.78, 5) is 22.5. The average Bonchev–Trinajstić information content (AvgIpc) is 3.37. The number of piperazine rings is 1. The molecule has 0 radical (unpaired) electrons. The lowest BCUT2D eigenvalue weighted by molar-refractivity contribution is 0.0661. The fourth-order valence-corrected chi connectivity index (χ4v) is 5.48. The van der Waals surface area contributed by atoms with E-state index in [-0.39, 0.29) is 5.91 Å². The third-order valence-electron chi connectivity index (χ3n) is 7.39. The maximum atomic E-state index is 13.2. The molecule has 1 N–H and O–H groups in total. The van der Waals surface area contributed by atoms with Crippen molar-refractivity contribution in [2.24, 2.45) is 0 Å². The summed E-state index contributed by atoms with van der Waals surface area (Å²) in [6, 6.07) is 10.1. The molecule has 0 spiro atoms. The normalized spacial score (nSPS) is 16.7. The maximum Gasteiger partial charge on any atom is 0.257 e. The van der Waals surface area contributed by atoms with Crippen LogP contribution in [-0.2, 0) is 12.8 Å². The highest BCUT2D eigenvalue weighted by Gasteiger charge is 2.25.